The second-order valence-corrected chi connectivity index (χ2v) is 8.08. The maximum Gasteiger partial charge on any atom is 0.303 e. The van der Waals surface area contributed by atoms with Crippen molar-refractivity contribution in [2.45, 2.75) is 83.6 Å². The molecule has 14 nitrogen and oxygen atoms in total. The molecule has 0 spiro atoms. The minimum absolute atomic E-state index is 0.284. The van der Waals surface area contributed by atoms with Crippen LogP contribution < -0.4 is 0 Å². The predicted octanol–water partition coefficient (Wildman–Crippen LogP) is -0.135. The summed E-state index contributed by atoms with van der Waals surface area (Å²) in [6.45, 7) is 4.92. The van der Waals surface area contributed by atoms with Crippen LogP contribution in [0, 0.1) is 11.3 Å². The van der Waals surface area contributed by atoms with Crippen LogP contribution in [-0.2, 0) is 61.9 Å². The molecule has 2 aliphatic rings. The summed E-state index contributed by atoms with van der Waals surface area (Å²) >= 11 is 0. The van der Waals surface area contributed by atoms with Gasteiger partial charge in [-0.05, 0) is 6.08 Å². The summed E-state index contributed by atoms with van der Waals surface area (Å²) in [7, 11) is 0. The molecule has 0 saturated carbocycles. The van der Waals surface area contributed by atoms with Gasteiger partial charge in [-0.3, -0.25) is 24.0 Å². The highest BCUT2D eigenvalue weighted by Crippen LogP contribution is 2.32. The van der Waals surface area contributed by atoms with E-state index in [0.29, 0.717) is 0 Å². The van der Waals surface area contributed by atoms with Gasteiger partial charge in [0.2, 0.25) is 0 Å². The van der Waals surface area contributed by atoms with Crippen LogP contribution in [0.4, 0.5) is 0 Å². The third-order valence-corrected chi connectivity index (χ3v) is 4.98. The molecule has 8 atom stereocenters. The van der Waals surface area contributed by atoms with Crippen LogP contribution in [-0.4, -0.2) is 92.1 Å². The lowest BCUT2D eigenvalue weighted by molar-refractivity contribution is -0.320. The summed E-state index contributed by atoms with van der Waals surface area (Å²) in [5.41, 5.74) is 0. The fourth-order valence-electron chi connectivity index (χ4n) is 3.64. The second-order valence-electron chi connectivity index (χ2n) is 8.08. The first-order valence-electron chi connectivity index (χ1n) is 11.2. The highest BCUT2D eigenvalue weighted by Gasteiger charge is 2.53. The summed E-state index contributed by atoms with van der Waals surface area (Å²) in [5.74, 6) is -3.63. The van der Waals surface area contributed by atoms with Crippen LogP contribution in [0.5, 0.6) is 0 Å². The molecule has 204 valence electrons. The van der Waals surface area contributed by atoms with Gasteiger partial charge in [0, 0.05) is 34.6 Å². The van der Waals surface area contributed by atoms with E-state index in [4.69, 9.17) is 37.9 Å². The molecule has 0 aromatic rings. The van der Waals surface area contributed by atoms with Crippen LogP contribution in [0.25, 0.3) is 0 Å². The third-order valence-electron chi connectivity index (χ3n) is 4.98. The lowest BCUT2D eigenvalue weighted by atomic mass is 9.97. The highest BCUT2D eigenvalue weighted by atomic mass is 16.7. The summed E-state index contributed by atoms with van der Waals surface area (Å²) in [6, 6.07) is 1.91. The number of carbonyl (C=O) groups excluding carboxylic acids is 5. The lowest BCUT2D eigenvalue weighted by Gasteiger charge is -2.45. The van der Waals surface area contributed by atoms with Crippen molar-refractivity contribution >= 4 is 29.8 Å². The molecule has 0 bridgehead atoms. The summed E-state index contributed by atoms with van der Waals surface area (Å²) in [4.78, 5) is 58.5. The number of ether oxygens (including phenoxy) is 8. The smallest absolute Gasteiger partial charge is 0.303 e. The second kappa shape index (κ2) is 13.7. The molecule has 0 aromatic carbocycles. The minimum atomic E-state index is -1.47. The van der Waals surface area contributed by atoms with Gasteiger partial charge in [-0.25, -0.2) is 0 Å². The predicted molar refractivity (Wildman–Crippen MR) is 117 cm³/mol. The Labute approximate surface area is 212 Å². The molecule has 0 N–H and O–H groups in total. The first-order chi connectivity index (χ1) is 17.4. The molecule has 2 heterocycles. The molecular weight excluding hydrogens is 498 g/mol. The molecule has 0 amide bonds. The number of carbonyl (C=O) groups is 5. The maximum atomic E-state index is 11.9. The molecule has 0 aliphatic carbocycles. The van der Waals surface area contributed by atoms with E-state index in [1.807, 2.05) is 6.07 Å². The normalized spacial score (nSPS) is 30.8. The fraction of sp³-hybridized carbons (Fsp3) is 0.652. The van der Waals surface area contributed by atoms with Gasteiger partial charge in [-0.15, -0.1) is 0 Å². The molecule has 1 fully saturated rings. The molecule has 1 saturated heterocycles. The van der Waals surface area contributed by atoms with Crippen molar-refractivity contribution in [1.82, 2.24) is 0 Å². The summed E-state index contributed by atoms with van der Waals surface area (Å²) < 4.78 is 43.5. The quantitative estimate of drug-likeness (QED) is 0.219. The Bertz CT molecular complexity index is 941. The van der Waals surface area contributed by atoms with Gasteiger partial charge in [-0.2, -0.15) is 5.26 Å². The van der Waals surface area contributed by atoms with E-state index in [2.05, 4.69) is 0 Å². The maximum absolute atomic E-state index is 11.9. The monoisotopic (exact) mass is 527 g/mol. The molecule has 0 aromatic heterocycles. The van der Waals surface area contributed by atoms with E-state index in [-0.39, 0.29) is 6.61 Å². The Kier molecular flexibility index (Phi) is 11.0. The van der Waals surface area contributed by atoms with Crippen molar-refractivity contribution in [3.05, 3.63) is 12.2 Å². The highest BCUT2D eigenvalue weighted by molar-refractivity contribution is 5.68. The number of hydrogen-bond acceptors (Lipinski definition) is 14. The van der Waals surface area contributed by atoms with Gasteiger partial charge in [0.05, 0.1) is 6.07 Å². The Balaban J connectivity index is 2.44. The molecule has 0 radical (unpaired) electrons. The van der Waals surface area contributed by atoms with Gasteiger partial charge >= 0.3 is 29.8 Å². The number of nitriles is 1. The fourth-order valence-corrected chi connectivity index (χ4v) is 3.64. The molecule has 37 heavy (non-hydrogen) atoms. The molecule has 2 rings (SSSR count). The third kappa shape index (κ3) is 9.12. The van der Waals surface area contributed by atoms with Crippen LogP contribution in [0.3, 0.4) is 0 Å². The van der Waals surface area contributed by atoms with Gasteiger partial charge in [0.1, 0.15) is 31.5 Å². The van der Waals surface area contributed by atoms with E-state index in [1.165, 1.54) is 19.1 Å². The molecule has 14 heteroatoms. The Morgan fingerprint density at radius 3 is 1.73 bits per heavy atom. The van der Waals surface area contributed by atoms with E-state index in [0.717, 1.165) is 27.7 Å². The average molecular weight is 527 g/mol. The number of rotatable bonds is 9. The number of esters is 5. The van der Waals surface area contributed by atoms with Crippen LogP contribution in [0.1, 0.15) is 34.6 Å². The lowest BCUT2D eigenvalue weighted by Crippen LogP contribution is -2.63. The Hall–Kier alpha value is -3.54. The van der Waals surface area contributed by atoms with Crippen molar-refractivity contribution in [2.24, 2.45) is 0 Å². The average Bonchev–Trinajstić information content (AvgIpc) is 2.79. The first-order valence-corrected chi connectivity index (χ1v) is 11.2. The SMILES string of the molecule is CC(=O)OC[C@H]1O[C@H](O[C@H]2C=CC(C#N)O[C@@H]2COC(C)=O)[C@H](OC(C)=O)[C@@H](OC(C)=O)[C@@H]1OC(C)=O. The first kappa shape index (κ1) is 29.7. The van der Waals surface area contributed by atoms with E-state index in [1.54, 1.807) is 0 Å². The standard InChI is InChI=1S/C23H29NO13/c1-11(25)30-9-18-17(7-6-16(8-24)35-18)36-23-22(34-15(5)29)21(33-14(4)28)20(32-13(3)27)19(37-23)10-31-12(2)26/h6-7,16-23H,9-10H2,1-5H3/t16?,17-,18+,19+,20+,21-,22+,23-/m0/s1. The van der Waals surface area contributed by atoms with Crippen molar-refractivity contribution in [2.75, 3.05) is 13.2 Å². The Morgan fingerprint density at radius 1 is 0.703 bits per heavy atom. The van der Waals surface area contributed by atoms with E-state index in [9.17, 15) is 29.2 Å². The molecular formula is C23H29NO13. The summed E-state index contributed by atoms with van der Waals surface area (Å²) in [6.07, 6.45) is -6.93. The number of nitrogens with zero attached hydrogens (tertiary/aromatic N) is 1. The minimum Gasteiger partial charge on any atom is -0.463 e. The van der Waals surface area contributed by atoms with E-state index >= 15 is 0 Å². The van der Waals surface area contributed by atoms with Crippen molar-refractivity contribution < 1.29 is 61.9 Å². The topological polar surface area (TPSA) is 183 Å². The van der Waals surface area contributed by atoms with Gasteiger partial charge in [0.15, 0.2) is 30.7 Å². The zero-order valence-corrected chi connectivity index (χ0v) is 20.9. The van der Waals surface area contributed by atoms with Crippen LogP contribution in [0.15, 0.2) is 12.2 Å². The van der Waals surface area contributed by atoms with Crippen molar-refractivity contribution in [3.63, 3.8) is 0 Å². The summed E-state index contributed by atoms with van der Waals surface area (Å²) in [5, 5.41) is 9.21. The number of hydrogen-bond donors (Lipinski definition) is 0. The van der Waals surface area contributed by atoms with Gasteiger partial charge in [-0.1, -0.05) is 6.08 Å². The van der Waals surface area contributed by atoms with Crippen LogP contribution >= 0.6 is 0 Å². The van der Waals surface area contributed by atoms with Crippen molar-refractivity contribution in [1.29, 1.82) is 5.26 Å². The van der Waals surface area contributed by atoms with E-state index < -0.39 is 85.5 Å². The van der Waals surface area contributed by atoms with Gasteiger partial charge in [0.25, 0.3) is 0 Å². The largest absolute Gasteiger partial charge is 0.463 e. The van der Waals surface area contributed by atoms with Crippen molar-refractivity contribution in [3.8, 4) is 6.07 Å². The zero-order valence-electron chi connectivity index (χ0n) is 20.9. The Morgan fingerprint density at radius 2 is 1.22 bits per heavy atom. The zero-order chi connectivity index (χ0) is 27.7. The molecule has 2 aliphatic heterocycles. The molecule has 1 unspecified atom stereocenters. The van der Waals surface area contributed by atoms with Crippen LogP contribution in [0.2, 0.25) is 0 Å². The van der Waals surface area contributed by atoms with Gasteiger partial charge < -0.3 is 37.9 Å².